The third-order valence-corrected chi connectivity index (χ3v) is 16.4. The Balaban J connectivity index is 5.17. The standard InChI is InChI=1S/C63H122O17P2/c1-6-9-12-15-17-19-20-21-22-25-29-32-37-42-47-61(66)74-53-59(80-63(68)49-44-39-34-30-26-23-24-28-31-36-40-45-56(4)5)55-78-82(71,72)76-51-57(64)50-75-81(69,70)77-54-58(52-73-60(65)46-41-35-14-11-8-3)79-62(67)48-43-38-33-27-18-16-13-10-7-2/h56-59,64H,6-55H2,1-5H3,(H,69,70)(H,71,72)/t57-,58+,59+/m0/s1. The van der Waals surface area contributed by atoms with Gasteiger partial charge in [-0.25, -0.2) is 9.13 Å². The van der Waals surface area contributed by atoms with Gasteiger partial charge in [0.2, 0.25) is 0 Å². The molecule has 0 amide bonds. The van der Waals surface area contributed by atoms with Gasteiger partial charge < -0.3 is 33.8 Å². The van der Waals surface area contributed by atoms with Crippen molar-refractivity contribution < 1.29 is 80.2 Å². The van der Waals surface area contributed by atoms with Crippen LogP contribution >= 0.6 is 15.6 Å². The topological polar surface area (TPSA) is 237 Å². The Morgan fingerprint density at radius 2 is 0.561 bits per heavy atom. The first-order valence-electron chi connectivity index (χ1n) is 33.1. The molecule has 82 heavy (non-hydrogen) atoms. The van der Waals surface area contributed by atoms with E-state index in [0.717, 1.165) is 102 Å². The zero-order valence-corrected chi connectivity index (χ0v) is 54.4. The average Bonchev–Trinajstić information content (AvgIpc) is 3.45. The van der Waals surface area contributed by atoms with Crippen LogP contribution in [0.2, 0.25) is 0 Å². The van der Waals surface area contributed by atoms with Gasteiger partial charge in [-0.3, -0.25) is 37.3 Å². The molecule has 0 spiro atoms. The summed E-state index contributed by atoms with van der Waals surface area (Å²) in [6, 6.07) is 0. The van der Waals surface area contributed by atoms with E-state index in [4.69, 9.17) is 37.0 Å². The van der Waals surface area contributed by atoms with Crippen LogP contribution in [0.1, 0.15) is 317 Å². The summed E-state index contributed by atoms with van der Waals surface area (Å²) in [7, 11) is -9.87. The number of unbranched alkanes of at least 4 members (excludes halogenated alkanes) is 35. The molecule has 0 fully saturated rings. The lowest BCUT2D eigenvalue weighted by Gasteiger charge is -2.21. The molecule has 5 atom stereocenters. The van der Waals surface area contributed by atoms with E-state index in [0.29, 0.717) is 25.7 Å². The Morgan fingerprint density at radius 3 is 0.829 bits per heavy atom. The zero-order chi connectivity index (χ0) is 60.6. The minimum Gasteiger partial charge on any atom is -0.462 e. The number of ether oxygens (including phenoxy) is 4. The van der Waals surface area contributed by atoms with E-state index in [1.165, 1.54) is 135 Å². The van der Waals surface area contributed by atoms with E-state index in [2.05, 4.69) is 34.6 Å². The van der Waals surface area contributed by atoms with Crippen molar-refractivity contribution in [3.63, 3.8) is 0 Å². The summed E-state index contributed by atoms with van der Waals surface area (Å²) in [6.07, 6.45) is 40.6. The molecule has 0 aromatic carbocycles. The van der Waals surface area contributed by atoms with Crippen LogP contribution in [0.4, 0.5) is 0 Å². The van der Waals surface area contributed by atoms with E-state index in [1.54, 1.807) is 0 Å². The fraction of sp³-hybridized carbons (Fsp3) is 0.937. The monoisotopic (exact) mass is 1210 g/mol. The number of carbonyl (C=O) groups excluding carboxylic acids is 4. The fourth-order valence-corrected chi connectivity index (χ4v) is 11.0. The predicted molar refractivity (Wildman–Crippen MR) is 326 cm³/mol. The van der Waals surface area contributed by atoms with Gasteiger partial charge in [0.15, 0.2) is 12.2 Å². The van der Waals surface area contributed by atoms with E-state index in [1.807, 2.05) is 0 Å². The van der Waals surface area contributed by atoms with E-state index in [-0.39, 0.29) is 25.7 Å². The van der Waals surface area contributed by atoms with Gasteiger partial charge in [-0.2, -0.15) is 0 Å². The molecule has 0 aliphatic heterocycles. The zero-order valence-electron chi connectivity index (χ0n) is 52.6. The number of aliphatic hydroxyl groups excluding tert-OH is 1. The SMILES string of the molecule is CCCCCCCCCCCCCCCCC(=O)OC[C@H](COP(=O)(O)OC[C@@H](O)COP(=O)(O)OC[C@@H](COC(=O)CCCCCCC)OC(=O)CCCCCCCCCCC)OC(=O)CCCCCCCCCCCCCC(C)C. The van der Waals surface area contributed by atoms with E-state index < -0.39 is 97.5 Å². The van der Waals surface area contributed by atoms with Gasteiger partial charge in [-0.05, 0) is 31.6 Å². The summed E-state index contributed by atoms with van der Waals surface area (Å²) in [5, 5.41) is 10.5. The van der Waals surface area contributed by atoms with Crippen molar-refractivity contribution in [1.29, 1.82) is 0 Å². The van der Waals surface area contributed by atoms with Gasteiger partial charge in [0.05, 0.1) is 26.4 Å². The second-order valence-electron chi connectivity index (χ2n) is 23.3. The van der Waals surface area contributed by atoms with Crippen LogP contribution in [0.25, 0.3) is 0 Å². The van der Waals surface area contributed by atoms with Crippen molar-refractivity contribution in [1.82, 2.24) is 0 Å². The highest BCUT2D eigenvalue weighted by Crippen LogP contribution is 2.45. The number of rotatable bonds is 63. The Kier molecular flexibility index (Phi) is 55.5. The molecular formula is C63H122O17P2. The normalized spacial score (nSPS) is 14.3. The van der Waals surface area contributed by atoms with Crippen molar-refractivity contribution in [2.24, 2.45) is 5.92 Å². The first kappa shape index (κ1) is 80.1. The number of aliphatic hydroxyl groups is 1. The molecule has 3 N–H and O–H groups in total. The lowest BCUT2D eigenvalue weighted by atomic mass is 10.0. The number of phosphoric acid groups is 2. The molecular weight excluding hydrogens is 1090 g/mol. The summed E-state index contributed by atoms with van der Waals surface area (Å²) < 4.78 is 67.7. The van der Waals surface area contributed by atoms with Crippen molar-refractivity contribution >= 4 is 39.5 Å². The highest BCUT2D eigenvalue weighted by atomic mass is 31.2. The van der Waals surface area contributed by atoms with Gasteiger partial charge in [0.1, 0.15) is 19.3 Å². The van der Waals surface area contributed by atoms with Gasteiger partial charge in [0, 0.05) is 25.7 Å². The predicted octanol–water partition coefficient (Wildman–Crippen LogP) is 17.4. The van der Waals surface area contributed by atoms with Crippen molar-refractivity contribution in [2.45, 2.75) is 335 Å². The van der Waals surface area contributed by atoms with Gasteiger partial charge >= 0.3 is 39.5 Å². The molecule has 0 bridgehead atoms. The molecule has 0 aromatic heterocycles. The lowest BCUT2D eigenvalue weighted by molar-refractivity contribution is -0.161. The second kappa shape index (κ2) is 56.8. The third-order valence-electron chi connectivity index (χ3n) is 14.5. The number of hydrogen-bond acceptors (Lipinski definition) is 15. The molecule has 2 unspecified atom stereocenters. The fourth-order valence-electron chi connectivity index (χ4n) is 9.41. The number of carbonyl (C=O) groups is 4. The number of phosphoric ester groups is 2. The first-order chi connectivity index (χ1) is 39.5. The Bertz CT molecular complexity index is 1600. The number of hydrogen-bond donors (Lipinski definition) is 3. The van der Waals surface area contributed by atoms with Crippen LogP contribution in [0.3, 0.4) is 0 Å². The van der Waals surface area contributed by atoms with Crippen LogP contribution in [0.15, 0.2) is 0 Å². The third kappa shape index (κ3) is 57.2. The summed E-state index contributed by atoms with van der Waals surface area (Å²) in [4.78, 5) is 71.9. The molecule has 0 aliphatic carbocycles. The first-order valence-corrected chi connectivity index (χ1v) is 36.1. The van der Waals surface area contributed by atoms with E-state index >= 15 is 0 Å². The summed E-state index contributed by atoms with van der Waals surface area (Å²) in [5.74, 6) is -1.38. The summed E-state index contributed by atoms with van der Waals surface area (Å²) in [6.45, 7) is 7.09. The number of esters is 4. The largest absolute Gasteiger partial charge is 0.472 e. The molecule has 19 heteroatoms. The quantitative estimate of drug-likeness (QED) is 0.0222. The minimum absolute atomic E-state index is 0.105. The Labute approximate surface area is 498 Å². The maximum Gasteiger partial charge on any atom is 0.472 e. The molecule has 0 radical (unpaired) electrons. The van der Waals surface area contributed by atoms with Crippen LogP contribution in [0.5, 0.6) is 0 Å². The van der Waals surface area contributed by atoms with Crippen molar-refractivity contribution in [2.75, 3.05) is 39.6 Å². The summed E-state index contributed by atoms with van der Waals surface area (Å²) >= 11 is 0. The van der Waals surface area contributed by atoms with Crippen LogP contribution in [-0.4, -0.2) is 96.7 Å². The molecule has 0 saturated heterocycles. The maximum absolute atomic E-state index is 13.0. The van der Waals surface area contributed by atoms with Crippen LogP contribution in [-0.2, 0) is 65.4 Å². The minimum atomic E-state index is -4.94. The van der Waals surface area contributed by atoms with Gasteiger partial charge in [-0.15, -0.1) is 0 Å². The smallest absolute Gasteiger partial charge is 0.462 e. The molecule has 0 saturated carbocycles. The molecule has 0 heterocycles. The van der Waals surface area contributed by atoms with Crippen LogP contribution in [0, 0.1) is 5.92 Å². The molecule has 0 aromatic rings. The van der Waals surface area contributed by atoms with Crippen molar-refractivity contribution in [3.05, 3.63) is 0 Å². The molecule has 486 valence electrons. The highest BCUT2D eigenvalue weighted by molar-refractivity contribution is 7.47. The molecule has 0 rings (SSSR count). The molecule has 0 aliphatic rings. The van der Waals surface area contributed by atoms with Gasteiger partial charge in [0.25, 0.3) is 0 Å². The second-order valence-corrected chi connectivity index (χ2v) is 26.2. The van der Waals surface area contributed by atoms with Crippen LogP contribution < -0.4 is 0 Å². The van der Waals surface area contributed by atoms with Crippen molar-refractivity contribution in [3.8, 4) is 0 Å². The lowest BCUT2D eigenvalue weighted by Crippen LogP contribution is -2.30. The van der Waals surface area contributed by atoms with Gasteiger partial charge in [-0.1, -0.05) is 266 Å². The van der Waals surface area contributed by atoms with E-state index in [9.17, 15) is 43.2 Å². The Morgan fingerprint density at radius 1 is 0.329 bits per heavy atom. The highest BCUT2D eigenvalue weighted by Gasteiger charge is 2.30. The average molecular weight is 1210 g/mol. The Hall–Kier alpha value is -1.94. The molecule has 17 nitrogen and oxygen atoms in total. The maximum atomic E-state index is 13.0. The summed E-state index contributed by atoms with van der Waals surface area (Å²) in [5.41, 5.74) is 0.